The minimum Gasteiger partial charge on any atom is -0.337 e. The predicted molar refractivity (Wildman–Crippen MR) is 52.6 cm³/mol. The van der Waals surface area contributed by atoms with E-state index in [1.807, 2.05) is 6.92 Å². The Kier molecular flexibility index (Phi) is 4.27. The minimum atomic E-state index is -4.33. The van der Waals surface area contributed by atoms with Crippen LogP contribution in [0.15, 0.2) is 0 Å². The van der Waals surface area contributed by atoms with Gasteiger partial charge >= 0.3 is 5.51 Å². The zero-order chi connectivity index (χ0) is 11.5. The van der Waals surface area contributed by atoms with Crippen molar-refractivity contribution in [2.45, 2.75) is 18.5 Å². The van der Waals surface area contributed by atoms with E-state index in [1.54, 1.807) is 0 Å². The Morgan fingerprint density at radius 1 is 1.60 bits per heavy atom. The lowest BCUT2D eigenvalue weighted by molar-refractivity contribution is -0.131. The number of carbonyl (C=O) groups excluding carboxylic acids is 1. The summed E-state index contributed by atoms with van der Waals surface area (Å²) in [6.45, 7) is 3.59. The molecule has 0 aliphatic carbocycles. The first-order valence-corrected chi connectivity index (χ1v) is 5.59. The van der Waals surface area contributed by atoms with Gasteiger partial charge in [-0.05, 0) is 18.7 Å². The lowest BCUT2D eigenvalue weighted by atomic mass is 10.2. The van der Waals surface area contributed by atoms with Crippen LogP contribution in [0.2, 0.25) is 0 Å². The number of rotatable bonds is 2. The molecule has 1 rings (SSSR count). The van der Waals surface area contributed by atoms with Gasteiger partial charge in [-0.1, -0.05) is 0 Å². The molecule has 1 amide bonds. The molecule has 3 nitrogen and oxygen atoms in total. The van der Waals surface area contributed by atoms with Gasteiger partial charge in [-0.25, -0.2) is 0 Å². The first-order chi connectivity index (χ1) is 6.90. The van der Waals surface area contributed by atoms with Crippen molar-refractivity contribution in [3.05, 3.63) is 0 Å². The van der Waals surface area contributed by atoms with Crippen LogP contribution in [0.25, 0.3) is 0 Å². The number of nitrogens with zero attached hydrogens (tertiary/aromatic N) is 1. The summed E-state index contributed by atoms with van der Waals surface area (Å²) < 4.78 is 35.6. The zero-order valence-corrected chi connectivity index (χ0v) is 9.12. The monoisotopic (exact) mass is 242 g/mol. The molecule has 0 spiro atoms. The highest BCUT2D eigenvalue weighted by atomic mass is 32.2. The van der Waals surface area contributed by atoms with Crippen molar-refractivity contribution < 1.29 is 18.0 Å². The van der Waals surface area contributed by atoms with Gasteiger partial charge in [-0.2, -0.15) is 13.2 Å². The van der Waals surface area contributed by atoms with Gasteiger partial charge in [0.15, 0.2) is 0 Å². The Morgan fingerprint density at radius 2 is 2.27 bits per heavy atom. The van der Waals surface area contributed by atoms with Gasteiger partial charge in [0, 0.05) is 25.7 Å². The van der Waals surface area contributed by atoms with Crippen molar-refractivity contribution in [3.63, 3.8) is 0 Å². The van der Waals surface area contributed by atoms with E-state index < -0.39 is 17.2 Å². The number of piperazine rings is 1. The third kappa shape index (κ3) is 4.29. The van der Waals surface area contributed by atoms with Crippen molar-refractivity contribution in [1.29, 1.82) is 0 Å². The highest BCUT2D eigenvalue weighted by molar-refractivity contribution is 8.00. The molecule has 0 aromatic rings. The fraction of sp³-hybridized carbons (Fsp3) is 0.875. The highest BCUT2D eigenvalue weighted by Crippen LogP contribution is 2.30. The van der Waals surface area contributed by atoms with Crippen molar-refractivity contribution >= 4 is 17.7 Å². The first-order valence-electron chi connectivity index (χ1n) is 4.61. The second kappa shape index (κ2) is 5.07. The SMILES string of the molecule is C[C@@H]1CNCCN1C(=O)CSC(F)(F)F. The molecule has 1 saturated heterocycles. The van der Waals surface area contributed by atoms with E-state index in [0.29, 0.717) is 19.6 Å². The van der Waals surface area contributed by atoms with Crippen molar-refractivity contribution in [1.82, 2.24) is 10.2 Å². The van der Waals surface area contributed by atoms with E-state index in [4.69, 9.17) is 0 Å². The van der Waals surface area contributed by atoms with Crippen molar-refractivity contribution in [2.24, 2.45) is 0 Å². The molecule has 0 unspecified atom stereocenters. The average Bonchev–Trinajstić information content (AvgIpc) is 2.14. The van der Waals surface area contributed by atoms with Crippen LogP contribution in [0.4, 0.5) is 13.2 Å². The predicted octanol–water partition coefficient (Wildman–Crippen LogP) is 1.06. The van der Waals surface area contributed by atoms with E-state index in [0.717, 1.165) is 0 Å². The van der Waals surface area contributed by atoms with Gasteiger partial charge in [-0.3, -0.25) is 4.79 Å². The van der Waals surface area contributed by atoms with Crippen LogP contribution >= 0.6 is 11.8 Å². The number of nitrogens with one attached hydrogen (secondary N) is 1. The molecular formula is C8H13F3N2OS. The van der Waals surface area contributed by atoms with Gasteiger partial charge in [0.25, 0.3) is 0 Å². The number of amides is 1. The van der Waals surface area contributed by atoms with Gasteiger partial charge in [0.1, 0.15) is 0 Å². The van der Waals surface area contributed by atoms with Crippen LogP contribution in [-0.4, -0.2) is 47.7 Å². The number of hydrogen-bond acceptors (Lipinski definition) is 3. The zero-order valence-electron chi connectivity index (χ0n) is 8.30. The molecule has 1 aliphatic heterocycles. The minimum absolute atomic E-state index is 0.0277. The Bertz CT molecular complexity index is 234. The first kappa shape index (κ1) is 12.6. The molecular weight excluding hydrogens is 229 g/mol. The van der Waals surface area contributed by atoms with Crippen LogP contribution in [0, 0.1) is 0 Å². The maximum absolute atomic E-state index is 11.9. The molecule has 1 N–H and O–H groups in total. The van der Waals surface area contributed by atoms with Crippen LogP contribution in [-0.2, 0) is 4.79 Å². The summed E-state index contributed by atoms with van der Waals surface area (Å²) in [4.78, 5) is 12.9. The van der Waals surface area contributed by atoms with Gasteiger partial charge in [0.2, 0.25) is 5.91 Å². The summed E-state index contributed by atoms with van der Waals surface area (Å²) >= 11 is -0.274. The molecule has 7 heteroatoms. The van der Waals surface area contributed by atoms with Gasteiger partial charge < -0.3 is 10.2 Å². The molecule has 0 bridgehead atoms. The Labute approximate surface area is 90.4 Å². The smallest absolute Gasteiger partial charge is 0.337 e. The third-order valence-corrected chi connectivity index (χ3v) is 2.90. The number of alkyl halides is 3. The van der Waals surface area contributed by atoms with Crippen molar-refractivity contribution in [3.8, 4) is 0 Å². The molecule has 1 fully saturated rings. The Hall–Kier alpha value is -0.430. The van der Waals surface area contributed by atoms with Gasteiger partial charge in [-0.15, -0.1) is 0 Å². The highest BCUT2D eigenvalue weighted by Gasteiger charge is 2.31. The number of halogens is 3. The second-order valence-corrected chi connectivity index (χ2v) is 4.41. The van der Waals surface area contributed by atoms with E-state index in [9.17, 15) is 18.0 Å². The second-order valence-electron chi connectivity index (χ2n) is 3.37. The lowest BCUT2D eigenvalue weighted by Crippen LogP contribution is -2.52. The lowest BCUT2D eigenvalue weighted by Gasteiger charge is -2.34. The quantitative estimate of drug-likeness (QED) is 0.786. The van der Waals surface area contributed by atoms with E-state index in [1.165, 1.54) is 4.90 Å². The largest absolute Gasteiger partial charge is 0.442 e. The van der Waals surface area contributed by atoms with Gasteiger partial charge in [0.05, 0.1) is 5.75 Å². The maximum atomic E-state index is 11.9. The third-order valence-electron chi connectivity index (χ3n) is 2.18. The molecule has 1 aliphatic rings. The van der Waals surface area contributed by atoms with Crippen LogP contribution in [0.5, 0.6) is 0 Å². The van der Waals surface area contributed by atoms with E-state index in [2.05, 4.69) is 5.32 Å². The summed E-state index contributed by atoms with van der Waals surface area (Å²) in [7, 11) is 0. The normalized spacial score (nSPS) is 22.9. The Morgan fingerprint density at radius 3 is 2.80 bits per heavy atom. The van der Waals surface area contributed by atoms with Crippen LogP contribution in [0.3, 0.4) is 0 Å². The van der Waals surface area contributed by atoms with Crippen LogP contribution in [0.1, 0.15) is 6.92 Å². The Balaban J connectivity index is 2.39. The molecule has 0 aromatic carbocycles. The van der Waals surface area contributed by atoms with Crippen LogP contribution < -0.4 is 5.32 Å². The molecule has 0 saturated carbocycles. The summed E-state index contributed by atoms with van der Waals surface area (Å²) in [5.41, 5.74) is -4.33. The molecule has 15 heavy (non-hydrogen) atoms. The molecule has 1 heterocycles. The fourth-order valence-corrected chi connectivity index (χ4v) is 1.89. The van der Waals surface area contributed by atoms with E-state index in [-0.39, 0.29) is 17.8 Å². The number of carbonyl (C=O) groups is 1. The summed E-state index contributed by atoms with van der Waals surface area (Å²) in [6.07, 6.45) is 0. The molecule has 0 radical (unpaired) electrons. The van der Waals surface area contributed by atoms with Crippen molar-refractivity contribution in [2.75, 3.05) is 25.4 Å². The topological polar surface area (TPSA) is 32.3 Å². The molecule has 88 valence electrons. The molecule has 1 atom stereocenters. The number of hydrogen-bond donors (Lipinski definition) is 1. The fourth-order valence-electron chi connectivity index (χ4n) is 1.44. The average molecular weight is 242 g/mol. The summed E-state index contributed by atoms with van der Waals surface area (Å²) in [5.74, 6) is -0.959. The maximum Gasteiger partial charge on any atom is 0.442 e. The van der Waals surface area contributed by atoms with E-state index >= 15 is 0 Å². The summed E-state index contributed by atoms with van der Waals surface area (Å²) in [5, 5.41) is 3.07. The molecule has 0 aromatic heterocycles. The standard InChI is InChI=1S/C8H13F3N2OS/c1-6-4-12-2-3-13(6)7(14)5-15-8(9,10)11/h6,12H,2-5H2,1H3/t6-/m1/s1. The summed E-state index contributed by atoms with van der Waals surface area (Å²) in [6, 6.07) is -0.0277. The number of thioether (sulfide) groups is 1.